The van der Waals surface area contributed by atoms with Crippen LogP contribution in [0.5, 0.6) is 0 Å². The minimum atomic E-state index is -0.286. The summed E-state index contributed by atoms with van der Waals surface area (Å²) in [5, 5.41) is 16.5. The third kappa shape index (κ3) is 4.39. The van der Waals surface area contributed by atoms with Crippen LogP contribution in [0.3, 0.4) is 0 Å². The summed E-state index contributed by atoms with van der Waals surface area (Å²) in [6.07, 6.45) is 4.26. The molecule has 0 amide bonds. The van der Waals surface area contributed by atoms with Crippen LogP contribution in [-0.2, 0) is 11.2 Å². The van der Waals surface area contributed by atoms with E-state index >= 15 is 0 Å². The van der Waals surface area contributed by atoms with Crippen molar-refractivity contribution >= 4 is 17.6 Å². The van der Waals surface area contributed by atoms with Gasteiger partial charge in [0.2, 0.25) is 5.95 Å². The fourth-order valence-corrected chi connectivity index (χ4v) is 2.74. The molecule has 0 unspecified atom stereocenters. The summed E-state index contributed by atoms with van der Waals surface area (Å²) in [6, 6.07) is 7.92. The number of nitrogens with two attached hydrogens (primary N) is 1. The molecular formula is C18H21N5O2. The summed E-state index contributed by atoms with van der Waals surface area (Å²) in [4.78, 5) is 22.3. The van der Waals surface area contributed by atoms with Crippen molar-refractivity contribution in [3.63, 3.8) is 0 Å². The molecule has 1 aromatic heterocycles. The lowest BCUT2D eigenvalue weighted by atomic mass is 10.0. The fourth-order valence-electron chi connectivity index (χ4n) is 2.74. The quantitative estimate of drug-likeness (QED) is 0.515. The number of carbonyl (C=O) groups excluding carboxylic acids is 1. The van der Waals surface area contributed by atoms with Crippen LogP contribution in [0, 0.1) is 5.41 Å². The van der Waals surface area contributed by atoms with E-state index in [0.29, 0.717) is 31.9 Å². The van der Waals surface area contributed by atoms with Crippen LogP contribution >= 0.6 is 0 Å². The number of aliphatic hydroxyl groups is 1. The maximum Gasteiger partial charge on any atom is 0.225 e. The van der Waals surface area contributed by atoms with Gasteiger partial charge >= 0.3 is 0 Å². The highest BCUT2D eigenvalue weighted by atomic mass is 16.3. The smallest absolute Gasteiger partial charge is 0.225 e. The van der Waals surface area contributed by atoms with Crippen LogP contribution in [0.15, 0.2) is 36.7 Å². The van der Waals surface area contributed by atoms with Crippen molar-refractivity contribution in [3.05, 3.63) is 42.2 Å². The highest BCUT2D eigenvalue weighted by Crippen LogP contribution is 2.22. The number of aryl methyl sites for hydroxylation is 1. The number of nitrogens with zero attached hydrogens (tertiary/aromatic N) is 3. The zero-order valence-electron chi connectivity index (χ0n) is 13.9. The van der Waals surface area contributed by atoms with Crippen molar-refractivity contribution in [2.45, 2.75) is 25.4 Å². The Bertz CT molecular complexity index is 769. The zero-order chi connectivity index (χ0) is 17.8. The maximum absolute atomic E-state index is 11.7. The number of amidine groups is 1. The van der Waals surface area contributed by atoms with Crippen molar-refractivity contribution in [1.82, 2.24) is 9.97 Å². The van der Waals surface area contributed by atoms with Crippen LogP contribution in [0.2, 0.25) is 0 Å². The molecule has 0 saturated carbocycles. The molecule has 2 heterocycles. The summed E-state index contributed by atoms with van der Waals surface area (Å²) in [5.74, 6) is 0.507. The van der Waals surface area contributed by atoms with E-state index in [0.717, 1.165) is 16.7 Å². The summed E-state index contributed by atoms with van der Waals surface area (Å²) in [5.41, 5.74) is 8.19. The molecule has 7 heteroatoms. The zero-order valence-corrected chi connectivity index (χ0v) is 13.9. The number of aliphatic hydroxyl groups excluding tert-OH is 1. The molecule has 1 aromatic carbocycles. The molecule has 0 radical (unpaired) electrons. The Labute approximate surface area is 146 Å². The predicted molar refractivity (Wildman–Crippen MR) is 95.5 cm³/mol. The molecule has 7 nitrogen and oxygen atoms in total. The summed E-state index contributed by atoms with van der Waals surface area (Å²) < 4.78 is 0. The Balaban J connectivity index is 1.64. The van der Waals surface area contributed by atoms with Gasteiger partial charge in [-0.25, -0.2) is 9.97 Å². The van der Waals surface area contributed by atoms with Gasteiger partial charge in [-0.15, -0.1) is 0 Å². The Morgan fingerprint density at radius 3 is 2.64 bits per heavy atom. The number of benzene rings is 1. The minimum Gasteiger partial charge on any atom is -0.389 e. The van der Waals surface area contributed by atoms with Crippen molar-refractivity contribution in [3.8, 4) is 11.1 Å². The Morgan fingerprint density at radius 2 is 2.00 bits per heavy atom. The van der Waals surface area contributed by atoms with Crippen molar-refractivity contribution in [2.75, 3.05) is 18.0 Å². The monoisotopic (exact) mass is 339 g/mol. The standard InChI is InChI=1S/C18H21N5O2/c19-17(20)7-15(24)5-4-12-2-1-3-13(6-12)14-8-21-18(22-9-14)23-10-16(25)11-23/h1-3,6,8-9,16,25H,4-5,7,10-11H2,(H3,19,20). The summed E-state index contributed by atoms with van der Waals surface area (Å²) in [6.45, 7) is 1.15. The van der Waals surface area contributed by atoms with Crippen molar-refractivity contribution in [2.24, 2.45) is 5.73 Å². The lowest BCUT2D eigenvalue weighted by Crippen LogP contribution is -2.51. The minimum absolute atomic E-state index is 0.0141. The van der Waals surface area contributed by atoms with Gasteiger partial charge in [0.1, 0.15) is 5.78 Å². The summed E-state index contributed by atoms with van der Waals surface area (Å²) >= 11 is 0. The molecule has 1 aliphatic heterocycles. The van der Waals surface area contributed by atoms with E-state index in [1.165, 1.54) is 0 Å². The number of hydrogen-bond acceptors (Lipinski definition) is 6. The van der Waals surface area contributed by atoms with E-state index < -0.39 is 0 Å². The van der Waals surface area contributed by atoms with Crippen LogP contribution in [0.4, 0.5) is 5.95 Å². The molecule has 2 aromatic rings. The first-order valence-corrected chi connectivity index (χ1v) is 8.20. The second kappa shape index (κ2) is 7.40. The molecule has 0 aliphatic carbocycles. The first-order chi connectivity index (χ1) is 12.0. The molecule has 1 fully saturated rings. The fraction of sp³-hybridized carbons (Fsp3) is 0.333. The molecule has 0 spiro atoms. The lowest BCUT2D eigenvalue weighted by molar-refractivity contribution is -0.117. The average molecular weight is 339 g/mol. The normalized spacial score (nSPS) is 14.2. The number of rotatable bonds is 7. The van der Waals surface area contributed by atoms with Crippen LogP contribution < -0.4 is 10.6 Å². The number of nitrogens with one attached hydrogen (secondary N) is 1. The van der Waals surface area contributed by atoms with Crippen molar-refractivity contribution < 1.29 is 9.90 Å². The van der Waals surface area contributed by atoms with Gasteiger partial charge in [0, 0.05) is 37.5 Å². The third-order valence-electron chi connectivity index (χ3n) is 4.12. The van der Waals surface area contributed by atoms with E-state index in [2.05, 4.69) is 9.97 Å². The van der Waals surface area contributed by atoms with Gasteiger partial charge in [0.05, 0.1) is 18.4 Å². The number of β-amino-alcohol motifs (C(OH)–C–C–N with tert-alkyl or cyclic N) is 1. The summed E-state index contributed by atoms with van der Waals surface area (Å²) in [7, 11) is 0. The van der Waals surface area contributed by atoms with Crippen molar-refractivity contribution in [1.29, 1.82) is 5.41 Å². The molecular weight excluding hydrogens is 318 g/mol. The van der Waals surface area contributed by atoms with Gasteiger partial charge in [-0.05, 0) is 17.5 Å². The van der Waals surface area contributed by atoms with Crippen LogP contribution in [-0.4, -0.2) is 45.9 Å². The van der Waals surface area contributed by atoms with E-state index in [-0.39, 0.29) is 24.1 Å². The SMILES string of the molecule is N=C(N)CC(=O)CCc1cccc(-c2cnc(N3CC(O)C3)nc2)c1. The topological polar surface area (TPSA) is 116 Å². The lowest BCUT2D eigenvalue weighted by Gasteiger charge is -2.35. The Hall–Kier alpha value is -2.80. The molecule has 4 N–H and O–H groups in total. The van der Waals surface area contributed by atoms with Gasteiger partial charge in [0.15, 0.2) is 0 Å². The maximum atomic E-state index is 11.7. The highest BCUT2D eigenvalue weighted by Gasteiger charge is 2.26. The third-order valence-corrected chi connectivity index (χ3v) is 4.12. The molecule has 3 rings (SSSR count). The molecule has 0 atom stereocenters. The second-order valence-electron chi connectivity index (χ2n) is 6.27. The molecule has 1 aliphatic rings. The number of aromatic nitrogens is 2. The van der Waals surface area contributed by atoms with Crippen LogP contribution in [0.1, 0.15) is 18.4 Å². The van der Waals surface area contributed by atoms with Gasteiger partial charge in [-0.3, -0.25) is 10.2 Å². The van der Waals surface area contributed by atoms with Gasteiger partial charge in [0.25, 0.3) is 0 Å². The number of Topliss-reactive ketones (excluding diaryl/α,β-unsaturated/α-hetero) is 1. The van der Waals surface area contributed by atoms with E-state index in [9.17, 15) is 9.90 Å². The highest BCUT2D eigenvalue weighted by molar-refractivity contribution is 5.98. The molecule has 130 valence electrons. The first-order valence-electron chi connectivity index (χ1n) is 8.20. The van der Waals surface area contributed by atoms with Crippen LogP contribution in [0.25, 0.3) is 11.1 Å². The largest absolute Gasteiger partial charge is 0.389 e. The number of hydrogen-bond donors (Lipinski definition) is 3. The number of carbonyl (C=O) groups is 1. The van der Waals surface area contributed by atoms with Gasteiger partial charge in [-0.1, -0.05) is 24.3 Å². The molecule has 1 saturated heterocycles. The number of anilines is 1. The number of ketones is 1. The Kier molecular flexibility index (Phi) is 5.04. The Morgan fingerprint density at radius 1 is 1.28 bits per heavy atom. The van der Waals surface area contributed by atoms with Gasteiger partial charge in [-0.2, -0.15) is 0 Å². The molecule has 25 heavy (non-hydrogen) atoms. The first kappa shape index (κ1) is 17.0. The predicted octanol–water partition coefficient (Wildman–Crippen LogP) is 1.15. The average Bonchev–Trinajstić information content (AvgIpc) is 2.57. The van der Waals surface area contributed by atoms with Gasteiger partial charge < -0.3 is 15.7 Å². The molecule has 0 bridgehead atoms. The van der Waals surface area contributed by atoms with E-state index in [1.807, 2.05) is 29.2 Å². The second-order valence-corrected chi connectivity index (χ2v) is 6.27. The van der Waals surface area contributed by atoms with E-state index in [1.54, 1.807) is 12.4 Å². The van der Waals surface area contributed by atoms with E-state index in [4.69, 9.17) is 11.1 Å².